The lowest BCUT2D eigenvalue weighted by Gasteiger charge is -2.47. The fraction of sp³-hybridized carbons (Fsp3) is 0.684. The Morgan fingerprint density at radius 1 is 0.959 bits per heavy atom. The number of carbonyl (C=O) groups excluding carboxylic acids is 6. The van der Waals surface area contributed by atoms with Gasteiger partial charge in [-0.1, -0.05) is 63.6 Å². The predicted octanol–water partition coefficient (Wildman–Crippen LogP) is 6.56. The van der Waals surface area contributed by atoms with Gasteiger partial charge in [-0.3, -0.25) is 24.0 Å². The highest BCUT2D eigenvalue weighted by Gasteiger charge is 2.56. The zero-order chi connectivity index (χ0) is 54.0. The number of benzene rings is 1. The Morgan fingerprint density at radius 2 is 1.66 bits per heavy atom. The van der Waals surface area contributed by atoms with E-state index in [1.54, 1.807) is 21.1 Å². The summed E-state index contributed by atoms with van der Waals surface area (Å²) in [5, 5.41) is 14.6. The summed E-state index contributed by atoms with van der Waals surface area (Å²) in [7, 11) is 6.14. The molecule has 74 heavy (non-hydrogen) atoms. The lowest BCUT2D eigenvalue weighted by Crippen LogP contribution is -2.64. The Bertz CT molecular complexity index is 2350. The molecule has 0 spiro atoms. The smallest absolute Gasteiger partial charge is 0.329 e. The van der Waals surface area contributed by atoms with Crippen LogP contribution >= 0.6 is 0 Å². The fourth-order valence-electron chi connectivity index (χ4n) is 12.1. The number of nitrogens with one attached hydrogen (secondary N) is 1. The first-order valence-corrected chi connectivity index (χ1v) is 26.9. The van der Waals surface area contributed by atoms with Gasteiger partial charge in [0.05, 0.1) is 44.1 Å². The number of ether oxygens (including phenoxy) is 5. The summed E-state index contributed by atoms with van der Waals surface area (Å²) in [6.45, 7) is 11.4. The number of fused-ring (bicyclic) bond motifs is 4. The number of methoxy groups -OCH3 is 3. The largest absolute Gasteiger partial charge is 0.456 e. The van der Waals surface area contributed by atoms with Crippen molar-refractivity contribution in [2.75, 3.05) is 41.5 Å². The van der Waals surface area contributed by atoms with Gasteiger partial charge in [0.2, 0.25) is 17.4 Å². The summed E-state index contributed by atoms with van der Waals surface area (Å²) in [5.41, 5.74) is 9.90. The number of ketones is 4. The zero-order valence-electron chi connectivity index (χ0n) is 45.5. The Labute approximate surface area is 437 Å². The number of hydrogen-bond donors (Lipinski definition) is 3. The molecule has 1 aliphatic carbocycles. The normalized spacial score (nSPS) is 33.1. The van der Waals surface area contributed by atoms with Crippen LogP contribution in [0.2, 0.25) is 0 Å². The number of H-pyrrole nitrogens is 1. The number of allylic oxidation sites excluding steroid dienone is 3. The Hall–Kier alpha value is -4.46. The molecule has 2 aromatic rings. The second kappa shape index (κ2) is 26.5. The lowest BCUT2D eigenvalue weighted by atomic mass is 9.81. The number of hydrogen-bond acceptors (Lipinski definition) is 15. The predicted molar refractivity (Wildman–Crippen MR) is 278 cm³/mol. The number of carbonyl (C=O) groups is 6. The number of amides is 1. The van der Waals surface area contributed by atoms with E-state index < -0.39 is 83.5 Å². The minimum atomic E-state index is -2.51. The van der Waals surface area contributed by atoms with Crippen molar-refractivity contribution in [2.45, 2.75) is 179 Å². The number of para-hydroxylation sites is 1. The average Bonchev–Trinajstić information content (AvgIpc) is 3.81. The molecular weight excluding hydrogens is 949 g/mol. The van der Waals surface area contributed by atoms with E-state index >= 15 is 0 Å². The van der Waals surface area contributed by atoms with Crippen molar-refractivity contribution in [3.05, 3.63) is 59.3 Å². The molecule has 6 rings (SSSR count). The standard InChI is InChI=1S/C57H84N4O13/c1-11-39-25-33(2)24-34(3)26-49(70-8)53-50(71-9)28-37(6)57(68,74-53)54(65)55(66)60-23-15-14-18-45(60)56(67)73-52(35(4)19-22-46(39)62)36(5)27-38-20-21-44(48(29-38)69-7)61(72-10)32-47(63)51(64)42(58)30-40-31-59-43-17-13-12-16-41(40)43/h12-13,16-17,25,27,31,34-35,37-39,42,44-45,48-50,52-53,59,68H,11,14-15,18-24,26,28-30,32,58H2,1-10H3/t34?,35?,37?,38?,39?,42-,44?,45?,48?,49?,50?,52?,53?,57?/m0/s1. The molecule has 14 atom stereocenters. The van der Waals surface area contributed by atoms with Crippen molar-refractivity contribution in [3.8, 4) is 0 Å². The van der Waals surface area contributed by atoms with Crippen molar-refractivity contribution in [2.24, 2.45) is 35.3 Å². The molecule has 1 amide bonds. The SMILES string of the molecule is CCC1C=C(C)CC(C)CC(OC)C2OC(O)(C(=O)C(=O)N3CCCCC3C(=O)OC(C(C)=CC3CCC(N(CC(=O)C(=O)[C@@H](N)Cc4c[nH]c5ccccc45)OC)C(OC)C3)C(C)CCC1=O)C(C)CC2OC. The maximum atomic E-state index is 14.6. The van der Waals surface area contributed by atoms with Crippen LogP contribution in [0, 0.1) is 29.6 Å². The number of aliphatic hydroxyl groups is 1. The van der Waals surface area contributed by atoms with Gasteiger partial charge >= 0.3 is 5.97 Å². The van der Waals surface area contributed by atoms with Crippen LogP contribution in [0.5, 0.6) is 0 Å². The van der Waals surface area contributed by atoms with Crippen LogP contribution in [-0.4, -0.2) is 151 Å². The molecule has 4 N–H and O–H groups in total. The summed E-state index contributed by atoms with van der Waals surface area (Å²) in [4.78, 5) is 94.5. The molecule has 4 heterocycles. The first-order valence-electron chi connectivity index (χ1n) is 26.9. The Morgan fingerprint density at radius 3 is 2.35 bits per heavy atom. The van der Waals surface area contributed by atoms with Crippen LogP contribution in [0.25, 0.3) is 10.9 Å². The number of aromatic nitrogens is 1. The van der Waals surface area contributed by atoms with Gasteiger partial charge < -0.3 is 49.2 Å². The molecule has 17 heteroatoms. The van der Waals surface area contributed by atoms with Crippen LogP contribution in [0.3, 0.4) is 0 Å². The molecule has 1 saturated carbocycles. The number of esters is 1. The number of nitrogens with zero attached hydrogens (tertiary/aromatic N) is 2. The minimum Gasteiger partial charge on any atom is -0.456 e. The van der Waals surface area contributed by atoms with Crippen molar-refractivity contribution < 1.29 is 62.4 Å². The summed E-state index contributed by atoms with van der Waals surface area (Å²) < 4.78 is 30.6. The quantitative estimate of drug-likeness (QED) is 0.0788. The topological polar surface area (TPSA) is 226 Å². The highest BCUT2D eigenvalue weighted by Crippen LogP contribution is 2.40. The number of cyclic esters (lactones) is 1. The average molecular weight is 1030 g/mol. The van der Waals surface area contributed by atoms with Gasteiger partial charge in [0.15, 0.2) is 0 Å². The molecule has 410 valence electrons. The Balaban J connectivity index is 1.23. The lowest BCUT2D eigenvalue weighted by molar-refractivity contribution is -0.302. The number of piperidine rings is 1. The number of hydroxylamine groups is 2. The summed E-state index contributed by atoms with van der Waals surface area (Å²) in [6.07, 6.45) is 8.63. The maximum Gasteiger partial charge on any atom is 0.329 e. The molecule has 2 saturated heterocycles. The first kappa shape index (κ1) is 58.8. The van der Waals surface area contributed by atoms with Crippen molar-refractivity contribution in [3.63, 3.8) is 0 Å². The van der Waals surface area contributed by atoms with Crippen molar-refractivity contribution >= 4 is 45.9 Å². The Kier molecular flexibility index (Phi) is 21.1. The van der Waals surface area contributed by atoms with Crippen LogP contribution in [0.15, 0.2) is 53.8 Å². The van der Waals surface area contributed by atoms with E-state index in [0.29, 0.717) is 57.8 Å². The number of aromatic amines is 1. The van der Waals surface area contributed by atoms with Crippen LogP contribution < -0.4 is 5.73 Å². The van der Waals surface area contributed by atoms with Gasteiger partial charge in [0.1, 0.15) is 24.0 Å². The second-order valence-corrected chi connectivity index (χ2v) is 21.8. The molecular formula is C57H84N4O13. The molecule has 2 bridgehead atoms. The number of nitrogens with two attached hydrogens (primary N) is 1. The van der Waals surface area contributed by atoms with Crippen LogP contribution in [-0.2, 0) is 63.7 Å². The van der Waals surface area contributed by atoms with E-state index in [2.05, 4.69) is 24.1 Å². The minimum absolute atomic E-state index is 0.0524. The van der Waals surface area contributed by atoms with E-state index in [1.807, 2.05) is 58.2 Å². The third-order valence-corrected chi connectivity index (χ3v) is 16.4. The third-order valence-electron chi connectivity index (χ3n) is 16.4. The second-order valence-electron chi connectivity index (χ2n) is 21.8. The van der Waals surface area contributed by atoms with Crippen LogP contribution in [0.4, 0.5) is 0 Å². The molecule has 3 aliphatic heterocycles. The van der Waals surface area contributed by atoms with E-state index in [-0.39, 0.29) is 74.3 Å². The van der Waals surface area contributed by atoms with E-state index in [4.69, 9.17) is 34.3 Å². The summed E-state index contributed by atoms with van der Waals surface area (Å²) >= 11 is 0. The molecule has 3 fully saturated rings. The van der Waals surface area contributed by atoms with Crippen molar-refractivity contribution in [1.29, 1.82) is 0 Å². The zero-order valence-corrected chi connectivity index (χ0v) is 45.5. The summed E-state index contributed by atoms with van der Waals surface area (Å²) in [6, 6.07) is 5.18. The number of Topliss-reactive ketones (excluding diaryl/α,β-unsaturated/α-hetero) is 4. The molecule has 4 aliphatic rings. The molecule has 13 unspecified atom stereocenters. The highest BCUT2D eigenvalue weighted by atomic mass is 16.7. The van der Waals surface area contributed by atoms with E-state index in [0.717, 1.165) is 27.6 Å². The van der Waals surface area contributed by atoms with Crippen LogP contribution in [0.1, 0.15) is 124 Å². The van der Waals surface area contributed by atoms with E-state index in [1.165, 1.54) is 24.2 Å². The third kappa shape index (κ3) is 13.7. The fourth-order valence-corrected chi connectivity index (χ4v) is 12.1. The van der Waals surface area contributed by atoms with Gasteiger partial charge in [-0.2, -0.15) is 5.06 Å². The molecule has 17 nitrogen and oxygen atoms in total. The van der Waals surface area contributed by atoms with Crippen molar-refractivity contribution in [1.82, 2.24) is 14.9 Å². The highest BCUT2D eigenvalue weighted by molar-refractivity contribution is 6.40. The molecule has 1 aromatic carbocycles. The van der Waals surface area contributed by atoms with Gasteiger partial charge in [-0.05, 0) is 126 Å². The maximum absolute atomic E-state index is 14.6. The molecule has 1 aromatic heterocycles. The number of rotatable bonds is 14. The molecule has 0 radical (unpaired) electrons. The summed E-state index contributed by atoms with van der Waals surface area (Å²) in [5.74, 6) is -8.11. The van der Waals surface area contributed by atoms with Gasteiger partial charge in [0.25, 0.3) is 11.7 Å². The van der Waals surface area contributed by atoms with Gasteiger partial charge in [0, 0.05) is 63.2 Å². The van der Waals surface area contributed by atoms with Gasteiger partial charge in [-0.15, -0.1) is 0 Å². The van der Waals surface area contributed by atoms with E-state index in [9.17, 15) is 33.9 Å². The first-order chi connectivity index (χ1) is 35.3. The van der Waals surface area contributed by atoms with Gasteiger partial charge in [-0.25, -0.2) is 4.79 Å². The monoisotopic (exact) mass is 1030 g/mol.